The minimum atomic E-state index is -1.38. The molecule has 0 aromatic heterocycles. The number of hydrogen-bond acceptors (Lipinski definition) is 5. The Balaban J connectivity index is 0. The molecular weight excluding hydrogens is 215 g/mol. The van der Waals surface area contributed by atoms with Crippen molar-refractivity contribution >= 4 is 17.3 Å². The predicted octanol–water partition coefficient (Wildman–Crippen LogP) is -1.68. The topological polar surface area (TPSA) is 124 Å². The largest absolute Gasteiger partial charge is 1.00 e. The molecule has 0 unspecified atom stereocenters. The third kappa shape index (κ3) is 2.79. The van der Waals surface area contributed by atoms with E-state index in [4.69, 9.17) is 5.11 Å². The molecule has 1 aromatic carbocycles. The molecule has 1 N–H and O–H groups in total. The number of nitro groups is 2. The van der Waals surface area contributed by atoms with Gasteiger partial charge in [-0.25, -0.2) is 4.79 Å². The minimum Gasteiger partial charge on any atom is -1.00 e. The zero-order valence-corrected chi connectivity index (χ0v) is 8.11. The average molecular weight is 220 g/mol. The number of carboxylic acid groups (broad SMARTS) is 1. The molecule has 0 saturated heterocycles. The SMILES string of the molecule is O=C(O)c1ccc([N+](=O)[O-])c([N+](=O)[O-])c1.[H-].[Li+]. The van der Waals surface area contributed by atoms with Gasteiger partial charge in [-0.1, -0.05) is 0 Å². The van der Waals surface area contributed by atoms with Crippen molar-refractivity contribution in [1.82, 2.24) is 0 Å². The molecule has 9 heteroatoms. The van der Waals surface area contributed by atoms with Crippen LogP contribution in [-0.2, 0) is 0 Å². The molecular formula is C7H5LiN2O6. The summed E-state index contributed by atoms with van der Waals surface area (Å²) >= 11 is 0. The number of aromatic carboxylic acids is 1. The fraction of sp³-hybridized carbons (Fsp3) is 0. The number of nitrogens with zero attached hydrogens (tertiary/aromatic N) is 2. The maximum absolute atomic E-state index is 10.5. The van der Waals surface area contributed by atoms with Crippen molar-refractivity contribution in [3.8, 4) is 0 Å². The predicted molar refractivity (Wildman–Crippen MR) is 47.8 cm³/mol. The van der Waals surface area contributed by atoms with E-state index in [2.05, 4.69) is 0 Å². The second-order valence-corrected chi connectivity index (χ2v) is 2.52. The fourth-order valence-electron chi connectivity index (χ4n) is 0.957. The molecule has 0 saturated carbocycles. The molecule has 8 nitrogen and oxygen atoms in total. The van der Waals surface area contributed by atoms with Gasteiger partial charge in [0.1, 0.15) is 0 Å². The van der Waals surface area contributed by atoms with Gasteiger partial charge in [0, 0.05) is 12.1 Å². The van der Waals surface area contributed by atoms with Gasteiger partial charge in [-0.2, -0.15) is 0 Å². The molecule has 0 atom stereocenters. The van der Waals surface area contributed by atoms with Crippen LogP contribution in [0.1, 0.15) is 11.8 Å². The van der Waals surface area contributed by atoms with Crippen LogP contribution in [0.4, 0.5) is 11.4 Å². The van der Waals surface area contributed by atoms with E-state index in [-0.39, 0.29) is 25.9 Å². The number of rotatable bonds is 3. The van der Waals surface area contributed by atoms with Crippen molar-refractivity contribution in [2.24, 2.45) is 0 Å². The van der Waals surface area contributed by atoms with Gasteiger partial charge in [-0.15, -0.1) is 0 Å². The Morgan fingerprint density at radius 3 is 2.06 bits per heavy atom. The molecule has 0 radical (unpaired) electrons. The monoisotopic (exact) mass is 220 g/mol. The number of hydrogen-bond donors (Lipinski definition) is 1. The fourth-order valence-corrected chi connectivity index (χ4v) is 0.957. The van der Waals surface area contributed by atoms with E-state index in [0.29, 0.717) is 6.07 Å². The molecule has 0 bridgehead atoms. The maximum Gasteiger partial charge on any atom is 1.00 e. The first-order valence-corrected chi connectivity index (χ1v) is 3.59. The first-order valence-electron chi connectivity index (χ1n) is 3.59. The Morgan fingerprint density at radius 2 is 1.69 bits per heavy atom. The van der Waals surface area contributed by atoms with Crippen molar-refractivity contribution in [2.45, 2.75) is 0 Å². The molecule has 16 heavy (non-hydrogen) atoms. The number of benzene rings is 1. The van der Waals surface area contributed by atoms with Crippen LogP contribution < -0.4 is 18.9 Å². The smallest absolute Gasteiger partial charge is 1.00 e. The zero-order valence-electron chi connectivity index (χ0n) is 9.11. The van der Waals surface area contributed by atoms with Crippen molar-refractivity contribution in [3.05, 3.63) is 44.0 Å². The summed E-state index contributed by atoms with van der Waals surface area (Å²) in [7, 11) is 0. The first kappa shape index (κ1) is 14.1. The van der Waals surface area contributed by atoms with Crippen LogP contribution in [0.15, 0.2) is 18.2 Å². The van der Waals surface area contributed by atoms with E-state index in [1.165, 1.54) is 0 Å². The number of nitro benzene ring substituents is 2. The Kier molecular flexibility index (Phi) is 4.62. The van der Waals surface area contributed by atoms with Gasteiger partial charge in [-0.05, 0) is 6.07 Å². The van der Waals surface area contributed by atoms with Gasteiger partial charge in [-0.3, -0.25) is 20.2 Å². The normalized spacial score (nSPS) is 9.00. The van der Waals surface area contributed by atoms with Gasteiger partial charge in [0.15, 0.2) is 0 Å². The van der Waals surface area contributed by atoms with Crippen LogP contribution in [-0.4, -0.2) is 20.9 Å². The van der Waals surface area contributed by atoms with Crippen molar-refractivity contribution < 1.29 is 40.0 Å². The van der Waals surface area contributed by atoms with Crippen LogP contribution in [0, 0.1) is 20.2 Å². The minimum absolute atomic E-state index is 0. The van der Waals surface area contributed by atoms with Gasteiger partial charge in [0.05, 0.1) is 15.4 Å². The van der Waals surface area contributed by atoms with Crippen molar-refractivity contribution in [2.75, 3.05) is 0 Å². The maximum atomic E-state index is 10.5. The van der Waals surface area contributed by atoms with Crippen molar-refractivity contribution in [1.29, 1.82) is 0 Å². The first-order chi connectivity index (χ1) is 6.93. The standard InChI is InChI=1S/C7H4N2O6.Li.H/c10-7(11)4-1-2-5(8(12)13)6(3-4)9(14)15;;/h1-3H,(H,10,11);;/q;+1;-1. The van der Waals surface area contributed by atoms with Crippen LogP contribution >= 0.6 is 0 Å². The summed E-state index contributed by atoms with van der Waals surface area (Å²) in [6.07, 6.45) is 0. The summed E-state index contributed by atoms with van der Waals surface area (Å²) in [5.41, 5.74) is -1.93. The van der Waals surface area contributed by atoms with E-state index in [1.54, 1.807) is 0 Å². The van der Waals surface area contributed by atoms with E-state index >= 15 is 0 Å². The summed E-state index contributed by atoms with van der Waals surface area (Å²) < 4.78 is 0. The molecule has 0 aliphatic carbocycles. The summed E-state index contributed by atoms with van der Waals surface area (Å²) in [6, 6.07) is 2.38. The Labute approximate surface area is 102 Å². The quantitative estimate of drug-likeness (QED) is 0.368. The second kappa shape index (κ2) is 5.25. The van der Waals surface area contributed by atoms with Gasteiger partial charge < -0.3 is 6.53 Å². The molecule has 1 aromatic rings. The molecule has 0 aliphatic rings. The zero-order chi connectivity index (χ0) is 11.6. The third-order valence-corrected chi connectivity index (χ3v) is 1.62. The molecule has 0 amide bonds. The summed E-state index contributed by atoms with van der Waals surface area (Å²) in [5.74, 6) is -1.38. The Morgan fingerprint density at radius 1 is 1.19 bits per heavy atom. The van der Waals surface area contributed by atoms with Crippen LogP contribution in [0.3, 0.4) is 0 Å². The third-order valence-electron chi connectivity index (χ3n) is 1.62. The average Bonchev–Trinajstić information content (AvgIpc) is 2.16. The number of carbonyl (C=O) groups is 1. The molecule has 0 spiro atoms. The van der Waals surface area contributed by atoms with Gasteiger partial charge in [0.2, 0.25) is 0 Å². The van der Waals surface area contributed by atoms with Crippen LogP contribution in [0.25, 0.3) is 0 Å². The molecule has 0 heterocycles. The molecule has 1 rings (SSSR count). The van der Waals surface area contributed by atoms with E-state index in [1.807, 2.05) is 0 Å². The van der Waals surface area contributed by atoms with Crippen LogP contribution in [0.2, 0.25) is 0 Å². The van der Waals surface area contributed by atoms with Crippen LogP contribution in [0.5, 0.6) is 0 Å². The second-order valence-electron chi connectivity index (χ2n) is 2.52. The summed E-state index contributed by atoms with van der Waals surface area (Å²) in [6.45, 7) is 0. The molecule has 0 fully saturated rings. The van der Waals surface area contributed by atoms with Gasteiger partial charge in [0.25, 0.3) is 0 Å². The molecule has 0 aliphatic heterocycles. The summed E-state index contributed by atoms with van der Waals surface area (Å²) in [4.78, 5) is 29.3. The van der Waals surface area contributed by atoms with E-state index in [9.17, 15) is 25.0 Å². The van der Waals surface area contributed by atoms with Crippen molar-refractivity contribution in [3.63, 3.8) is 0 Å². The molecule has 80 valence electrons. The summed E-state index contributed by atoms with van der Waals surface area (Å²) in [5, 5.41) is 29.3. The Bertz CT molecular complexity index is 466. The number of carboxylic acids is 1. The van der Waals surface area contributed by atoms with E-state index < -0.39 is 27.2 Å². The van der Waals surface area contributed by atoms with E-state index in [0.717, 1.165) is 12.1 Å². The van der Waals surface area contributed by atoms with Gasteiger partial charge >= 0.3 is 36.2 Å². The Hall–Kier alpha value is -1.91.